The second-order valence-corrected chi connectivity index (χ2v) is 20.9. The minimum absolute atomic E-state index is 0.112. The highest BCUT2D eigenvalue weighted by molar-refractivity contribution is 5.96. The topological polar surface area (TPSA) is 374 Å². The van der Waals surface area contributed by atoms with E-state index in [0.29, 0.717) is 12.0 Å². The van der Waals surface area contributed by atoms with E-state index in [9.17, 15) is 80.1 Å². The van der Waals surface area contributed by atoms with Crippen molar-refractivity contribution in [3.63, 3.8) is 0 Å². The van der Waals surface area contributed by atoms with Crippen molar-refractivity contribution in [1.82, 2.24) is 0 Å². The summed E-state index contributed by atoms with van der Waals surface area (Å²) >= 11 is 0. The molecule has 0 saturated carbocycles. The molecule has 0 aromatic heterocycles. The Labute approximate surface area is 468 Å². The van der Waals surface area contributed by atoms with Crippen LogP contribution >= 0.6 is 0 Å². The van der Waals surface area contributed by atoms with E-state index in [0.717, 1.165) is 5.69 Å². The van der Waals surface area contributed by atoms with Gasteiger partial charge < -0.3 is 81.4 Å². The standard InChI is InChI=1S/C59H86N2O19/c1-35-17-15-13-11-9-7-5-6-8-10-12-14-16-18-48(79-59-56(75)54(60)55(74)37(3)78-59)34-51(72)53(58(76)77)50(71)32-46(68)29-44(66)27-42(64)25-41(63)26-43(65)28-45(67)30-47(69)33-52(73)80-57(35)36(2)19-24-40(62)31-49(70)38-20-22-39(61-4)23-21-38/h5-18,20-23,35-37,40-44,47-48,50-51,53-57,59,61-66,69,71-72,74-75H,19,24-34,60H2,1-4H3,(H,76,77)/t35-,36-,37-,40+,41-,42+,43+,44-,47-,48-,50-,51+,53-,54-,55-,56-,57-,59+/m0/s1. The van der Waals surface area contributed by atoms with Gasteiger partial charge >= 0.3 is 11.9 Å². The lowest BCUT2D eigenvalue weighted by molar-refractivity contribution is -0.277. The first-order valence-corrected chi connectivity index (χ1v) is 27.2. The Hall–Kier alpha value is -5.37. The van der Waals surface area contributed by atoms with E-state index in [1.165, 1.54) is 19.1 Å². The number of nitrogens with one attached hydrogen (secondary N) is 1. The molecule has 2 aliphatic rings. The van der Waals surface area contributed by atoms with Crippen molar-refractivity contribution in [3.8, 4) is 0 Å². The molecule has 0 bridgehead atoms. The first kappa shape index (κ1) is 68.9. The van der Waals surface area contributed by atoms with E-state index in [2.05, 4.69) is 5.32 Å². The molecule has 1 aromatic rings. The number of aliphatic carboxylic acids is 1. The van der Waals surface area contributed by atoms with Crippen LogP contribution in [0.2, 0.25) is 0 Å². The minimum Gasteiger partial charge on any atom is -0.481 e. The van der Waals surface area contributed by atoms with Crippen LogP contribution in [0.25, 0.3) is 0 Å². The number of rotatable bonds is 11. The molecule has 21 nitrogen and oxygen atoms in total. The lowest BCUT2D eigenvalue weighted by Gasteiger charge is -2.41. The lowest BCUT2D eigenvalue weighted by Crippen LogP contribution is -2.61. The third-order valence-electron chi connectivity index (χ3n) is 13.8. The smallest absolute Gasteiger partial charge is 0.311 e. The molecule has 21 heteroatoms. The van der Waals surface area contributed by atoms with Crippen LogP contribution in [-0.4, -0.2) is 184 Å². The largest absolute Gasteiger partial charge is 0.481 e. The normalized spacial score (nSPS) is 33.0. The molecule has 14 N–H and O–H groups in total. The summed E-state index contributed by atoms with van der Waals surface area (Å²) in [5.74, 6) is -6.82. The number of allylic oxidation sites excluding steroid dienone is 12. The molecular formula is C59H86N2O19. The number of carbonyl (C=O) groups excluding carboxylic acids is 4. The quantitative estimate of drug-likeness (QED) is 0.112. The molecule has 18 atom stereocenters. The molecule has 446 valence electrons. The van der Waals surface area contributed by atoms with Crippen molar-refractivity contribution in [1.29, 1.82) is 0 Å². The van der Waals surface area contributed by atoms with Gasteiger partial charge in [-0.05, 0) is 69.2 Å². The van der Waals surface area contributed by atoms with E-state index < -0.39 is 179 Å². The second-order valence-electron chi connectivity index (χ2n) is 20.9. The average Bonchev–Trinajstić information content (AvgIpc) is 3.41. The predicted molar refractivity (Wildman–Crippen MR) is 296 cm³/mol. The molecule has 3 rings (SSSR count). The zero-order valence-electron chi connectivity index (χ0n) is 46.0. The summed E-state index contributed by atoms with van der Waals surface area (Å²) in [5, 5.41) is 120. The summed E-state index contributed by atoms with van der Waals surface area (Å²) in [6.45, 7) is 5.18. The van der Waals surface area contributed by atoms with Gasteiger partial charge in [-0.2, -0.15) is 0 Å². The molecule has 1 saturated heterocycles. The van der Waals surface area contributed by atoms with Crippen LogP contribution in [0.4, 0.5) is 5.69 Å². The van der Waals surface area contributed by atoms with Crippen LogP contribution in [0.15, 0.2) is 109 Å². The Bertz CT molecular complexity index is 2280. The Balaban J connectivity index is 1.83. The van der Waals surface area contributed by atoms with Gasteiger partial charge in [0.1, 0.15) is 29.7 Å². The predicted octanol–water partition coefficient (Wildman–Crippen LogP) is 2.59. The highest BCUT2D eigenvalue weighted by Crippen LogP contribution is 2.28. The number of Topliss-reactive ketones (excluding diaryl/α,β-unsaturated/α-hetero) is 3. The first-order valence-electron chi connectivity index (χ1n) is 27.2. The maximum atomic E-state index is 13.3. The van der Waals surface area contributed by atoms with Crippen molar-refractivity contribution in [3.05, 3.63) is 115 Å². The van der Waals surface area contributed by atoms with E-state index in [1.54, 1.807) is 98.1 Å². The van der Waals surface area contributed by atoms with Crippen molar-refractivity contribution in [2.24, 2.45) is 23.5 Å². The van der Waals surface area contributed by atoms with Gasteiger partial charge in [-0.25, -0.2) is 0 Å². The van der Waals surface area contributed by atoms with Crippen molar-refractivity contribution < 1.29 is 94.4 Å². The van der Waals surface area contributed by atoms with Gasteiger partial charge in [0.05, 0.1) is 79.6 Å². The number of hydrogen-bond donors (Lipinski definition) is 13. The number of ketones is 3. The van der Waals surface area contributed by atoms with Gasteiger partial charge in [0.25, 0.3) is 0 Å². The summed E-state index contributed by atoms with van der Waals surface area (Å²) in [7, 11) is 1.76. The Morgan fingerprint density at radius 3 is 1.69 bits per heavy atom. The number of benzene rings is 1. The highest BCUT2D eigenvalue weighted by Gasteiger charge is 2.43. The number of aliphatic hydroxyl groups excluding tert-OH is 10. The molecule has 1 fully saturated rings. The molecule has 0 radical (unpaired) electrons. The molecule has 0 amide bonds. The molecule has 0 aliphatic carbocycles. The first-order chi connectivity index (χ1) is 37.9. The molecule has 2 heterocycles. The van der Waals surface area contributed by atoms with Crippen LogP contribution in [0, 0.1) is 17.8 Å². The van der Waals surface area contributed by atoms with Gasteiger partial charge in [0.2, 0.25) is 0 Å². The Morgan fingerprint density at radius 2 is 1.15 bits per heavy atom. The molecule has 1 aromatic carbocycles. The van der Waals surface area contributed by atoms with Crippen molar-refractivity contribution >= 4 is 35.0 Å². The van der Waals surface area contributed by atoms with Crippen LogP contribution < -0.4 is 11.1 Å². The monoisotopic (exact) mass is 1130 g/mol. The zero-order chi connectivity index (χ0) is 59.5. The lowest BCUT2D eigenvalue weighted by atomic mass is 9.88. The summed E-state index contributed by atoms with van der Waals surface area (Å²) in [4.78, 5) is 64.5. The average molecular weight is 1130 g/mol. The van der Waals surface area contributed by atoms with Crippen molar-refractivity contribution in [2.45, 2.75) is 190 Å². The highest BCUT2D eigenvalue weighted by atomic mass is 16.7. The summed E-state index contributed by atoms with van der Waals surface area (Å²) < 4.78 is 17.5. The number of cyclic esters (lactones) is 1. The SMILES string of the molecule is CNc1ccc(C(=O)C[C@H](O)CC[C@H](C)[C@H]2OC(=O)C[C@@H](O)CC(=O)C[C@H](O)C[C@@H](O)C[C@@H](O)C[C@H](O)CC(=O)C[C@H](O)[C@H](C(=O)O)[C@H](O)C[C@@H](O[C@H]3O[C@@H](C)[C@H](O)[C@H](N)[C@@H]3O)C=CC=CC=CC=CC=CC=CC=C[C@@H]2C)cc1. The number of hydrogen-bond acceptors (Lipinski definition) is 20. The molecule has 0 spiro atoms. The fraction of sp³-hybridized carbons (Fsp3) is 0.576. The van der Waals surface area contributed by atoms with Crippen LogP contribution in [0.1, 0.15) is 108 Å². The number of anilines is 1. The Kier molecular flexibility index (Phi) is 31.1. The number of carboxylic acid groups (broad SMARTS) is 1. The fourth-order valence-electron chi connectivity index (χ4n) is 9.38. The maximum Gasteiger partial charge on any atom is 0.311 e. The third kappa shape index (κ3) is 25.6. The van der Waals surface area contributed by atoms with Crippen LogP contribution in [-0.2, 0) is 33.4 Å². The minimum atomic E-state index is -1.97. The van der Waals surface area contributed by atoms with Gasteiger partial charge in [-0.3, -0.25) is 24.0 Å². The maximum absolute atomic E-state index is 13.3. The number of esters is 1. The van der Waals surface area contributed by atoms with Gasteiger partial charge in [-0.1, -0.05) is 98.9 Å². The third-order valence-corrected chi connectivity index (χ3v) is 13.8. The fourth-order valence-corrected chi connectivity index (χ4v) is 9.38. The number of carboxylic acids is 1. The summed E-state index contributed by atoms with van der Waals surface area (Å²) in [5.41, 5.74) is 7.27. The van der Waals surface area contributed by atoms with E-state index in [-0.39, 0.29) is 30.5 Å². The van der Waals surface area contributed by atoms with E-state index >= 15 is 0 Å². The number of ether oxygens (including phenoxy) is 3. The van der Waals surface area contributed by atoms with E-state index in [4.69, 9.17) is 19.9 Å². The number of nitrogens with two attached hydrogens (primary N) is 1. The van der Waals surface area contributed by atoms with Crippen LogP contribution in [0.5, 0.6) is 0 Å². The molecule has 0 unspecified atom stereocenters. The Morgan fingerprint density at radius 1 is 0.650 bits per heavy atom. The second kappa shape index (κ2) is 36.2. The van der Waals surface area contributed by atoms with Crippen molar-refractivity contribution in [2.75, 3.05) is 12.4 Å². The van der Waals surface area contributed by atoms with E-state index in [1.807, 2.05) is 19.9 Å². The summed E-state index contributed by atoms with van der Waals surface area (Å²) in [6.07, 6.45) is 0.358. The molecular weight excluding hydrogens is 1040 g/mol. The van der Waals surface area contributed by atoms with Gasteiger partial charge in [0, 0.05) is 62.7 Å². The van der Waals surface area contributed by atoms with Crippen LogP contribution in [0.3, 0.4) is 0 Å². The van der Waals surface area contributed by atoms with Gasteiger partial charge in [-0.15, -0.1) is 0 Å². The summed E-state index contributed by atoms with van der Waals surface area (Å²) in [6, 6.07) is 5.71. The molecule has 2 aliphatic heterocycles. The van der Waals surface area contributed by atoms with Gasteiger partial charge in [0.15, 0.2) is 12.1 Å². The molecule has 80 heavy (non-hydrogen) atoms. The zero-order valence-corrected chi connectivity index (χ0v) is 46.0. The number of aliphatic hydroxyl groups is 10. The number of carbonyl (C=O) groups is 5.